The van der Waals surface area contributed by atoms with Crippen LogP contribution in [0.2, 0.25) is 0 Å². The molecule has 1 aliphatic rings. The summed E-state index contributed by atoms with van der Waals surface area (Å²) in [6.45, 7) is 2.20. The Labute approximate surface area is 124 Å². The molecule has 0 aromatic heterocycles. The molecular weight excluding hydrogens is 242 g/mol. The molecule has 1 nitrogen and oxygen atoms in total. The second-order valence-electron chi connectivity index (χ2n) is 5.96. The second-order valence-corrected chi connectivity index (χ2v) is 5.96. The summed E-state index contributed by atoms with van der Waals surface area (Å²) in [7, 11) is 0. The highest BCUT2D eigenvalue weighted by Gasteiger charge is 2.26. The van der Waals surface area contributed by atoms with Crippen molar-refractivity contribution in [3.8, 4) is 12.3 Å². The van der Waals surface area contributed by atoms with Crippen LogP contribution in [0.1, 0.15) is 63.5 Å². The van der Waals surface area contributed by atoms with Crippen LogP contribution >= 0.6 is 0 Å². The number of hydrogen-bond donors (Lipinski definition) is 1. The van der Waals surface area contributed by atoms with Gasteiger partial charge in [0.2, 0.25) is 0 Å². The van der Waals surface area contributed by atoms with Crippen LogP contribution < -0.4 is 5.32 Å². The first-order valence-corrected chi connectivity index (χ1v) is 8.12. The second kappa shape index (κ2) is 8.12. The largest absolute Gasteiger partial charge is 0.296 e. The third-order valence-corrected chi connectivity index (χ3v) is 4.44. The summed E-state index contributed by atoms with van der Waals surface area (Å²) in [5, 5.41) is 3.75. The van der Waals surface area contributed by atoms with Crippen molar-refractivity contribution in [3.05, 3.63) is 35.9 Å². The molecule has 0 saturated heterocycles. The number of benzene rings is 1. The third-order valence-electron chi connectivity index (χ3n) is 4.44. The van der Waals surface area contributed by atoms with Gasteiger partial charge in [0.1, 0.15) is 0 Å². The Balaban J connectivity index is 2.13. The molecule has 0 aliphatic heterocycles. The van der Waals surface area contributed by atoms with E-state index in [9.17, 15) is 0 Å². The molecule has 2 atom stereocenters. The lowest BCUT2D eigenvalue weighted by Gasteiger charge is -2.33. The summed E-state index contributed by atoms with van der Waals surface area (Å²) in [6, 6.07) is 11.5. The minimum Gasteiger partial charge on any atom is -0.296 e. The van der Waals surface area contributed by atoms with Crippen molar-refractivity contribution < 1.29 is 0 Å². The summed E-state index contributed by atoms with van der Waals surface area (Å²) in [4.78, 5) is 0. The monoisotopic (exact) mass is 269 g/mol. The Hall–Kier alpha value is -1.26. The van der Waals surface area contributed by atoms with Crippen LogP contribution in [0.4, 0.5) is 0 Å². The smallest absolute Gasteiger partial charge is 0.0691 e. The predicted octanol–water partition coefficient (Wildman–Crippen LogP) is 4.70. The van der Waals surface area contributed by atoms with Gasteiger partial charge in [0, 0.05) is 6.04 Å². The normalized spacial score (nSPS) is 19.2. The standard InChI is InChI=1S/C19H27N/c1-3-11-18(4-2)20-19(16-12-7-5-8-13-16)17-14-9-6-10-15-17/h2,5,7-8,12-13,17-20H,3,6,9-11,14-15H2,1H3. The average Bonchev–Trinajstić information content (AvgIpc) is 2.53. The predicted molar refractivity (Wildman–Crippen MR) is 86.4 cm³/mol. The molecule has 1 fully saturated rings. The Kier molecular flexibility index (Phi) is 6.15. The molecular formula is C19H27N. The zero-order chi connectivity index (χ0) is 14.2. The van der Waals surface area contributed by atoms with Crippen LogP contribution in [-0.2, 0) is 0 Å². The Bertz CT molecular complexity index is 411. The van der Waals surface area contributed by atoms with E-state index >= 15 is 0 Å². The van der Waals surface area contributed by atoms with E-state index in [-0.39, 0.29) is 6.04 Å². The van der Waals surface area contributed by atoms with Gasteiger partial charge in [-0.3, -0.25) is 5.32 Å². The third kappa shape index (κ3) is 4.12. The van der Waals surface area contributed by atoms with E-state index in [4.69, 9.17) is 6.42 Å². The SMILES string of the molecule is C#CC(CCC)NC(c1ccccc1)C1CCCCC1. The first-order chi connectivity index (χ1) is 9.85. The van der Waals surface area contributed by atoms with Crippen molar-refractivity contribution in [2.24, 2.45) is 5.92 Å². The van der Waals surface area contributed by atoms with Crippen LogP contribution in [0.3, 0.4) is 0 Å². The summed E-state index contributed by atoms with van der Waals surface area (Å²) >= 11 is 0. The maximum Gasteiger partial charge on any atom is 0.0691 e. The van der Waals surface area contributed by atoms with Crippen molar-refractivity contribution in [1.29, 1.82) is 0 Å². The van der Waals surface area contributed by atoms with Crippen LogP contribution in [0, 0.1) is 18.3 Å². The highest BCUT2D eigenvalue weighted by molar-refractivity contribution is 5.21. The first kappa shape index (κ1) is 15.1. The molecule has 20 heavy (non-hydrogen) atoms. The molecule has 1 saturated carbocycles. The molecule has 0 radical (unpaired) electrons. The maximum atomic E-state index is 5.70. The lowest BCUT2D eigenvalue weighted by molar-refractivity contribution is 0.261. The van der Waals surface area contributed by atoms with Crippen LogP contribution in [0.15, 0.2) is 30.3 Å². The molecule has 1 aromatic carbocycles. The van der Waals surface area contributed by atoms with E-state index in [1.165, 1.54) is 37.7 Å². The van der Waals surface area contributed by atoms with Crippen molar-refractivity contribution >= 4 is 0 Å². The van der Waals surface area contributed by atoms with Gasteiger partial charge in [-0.2, -0.15) is 0 Å². The number of rotatable bonds is 6. The van der Waals surface area contributed by atoms with E-state index < -0.39 is 0 Å². The number of terminal acetylenes is 1. The van der Waals surface area contributed by atoms with E-state index in [0.29, 0.717) is 6.04 Å². The summed E-state index contributed by atoms with van der Waals surface area (Å²) in [6.07, 6.45) is 14.7. The van der Waals surface area contributed by atoms with Gasteiger partial charge in [0.25, 0.3) is 0 Å². The quantitative estimate of drug-likeness (QED) is 0.738. The van der Waals surface area contributed by atoms with E-state index in [1.807, 2.05) is 0 Å². The molecule has 0 spiro atoms. The fourth-order valence-electron chi connectivity index (χ4n) is 3.35. The summed E-state index contributed by atoms with van der Waals surface area (Å²) in [5.74, 6) is 3.67. The molecule has 1 N–H and O–H groups in total. The fraction of sp³-hybridized carbons (Fsp3) is 0.579. The van der Waals surface area contributed by atoms with Gasteiger partial charge in [-0.15, -0.1) is 6.42 Å². The molecule has 108 valence electrons. The minimum absolute atomic E-state index is 0.201. The molecule has 1 aromatic rings. The van der Waals surface area contributed by atoms with E-state index in [0.717, 1.165) is 18.8 Å². The van der Waals surface area contributed by atoms with E-state index in [1.54, 1.807) is 0 Å². The highest BCUT2D eigenvalue weighted by Crippen LogP contribution is 2.34. The molecule has 1 aliphatic carbocycles. The van der Waals surface area contributed by atoms with Crippen molar-refractivity contribution in [2.45, 2.75) is 64.0 Å². The molecule has 0 amide bonds. The summed E-state index contributed by atoms with van der Waals surface area (Å²) in [5.41, 5.74) is 1.40. The Morgan fingerprint density at radius 1 is 1.20 bits per heavy atom. The van der Waals surface area contributed by atoms with Gasteiger partial charge in [-0.05, 0) is 30.7 Å². The zero-order valence-electron chi connectivity index (χ0n) is 12.6. The number of nitrogens with one attached hydrogen (secondary N) is 1. The molecule has 2 rings (SSSR count). The molecule has 0 heterocycles. The molecule has 1 heteroatoms. The Morgan fingerprint density at radius 3 is 2.50 bits per heavy atom. The van der Waals surface area contributed by atoms with Gasteiger partial charge >= 0.3 is 0 Å². The lowest BCUT2D eigenvalue weighted by atomic mass is 9.80. The van der Waals surface area contributed by atoms with Gasteiger partial charge in [0.05, 0.1) is 6.04 Å². The fourth-order valence-corrected chi connectivity index (χ4v) is 3.35. The van der Waals surface area contributed by atoms with Gasteiger partial charge in [0.15, 0.2) is 0 Å². The van der Waals surface area contributed by atoms with E-state index in [2.05, 4.69) is 48.5 Å². The van der Waals surface area contributed by atoms with Crippen LogP contribution in [0.5, 0.6) is 0 Å². The van der Waals surface area contributed by atoms with Crippen LogP contribution in [0.25, 0.3) is 0 Å². The Morgan fingerprint density at radius 2 is 1.90 bits per heavy atom. The summed E-state index contributed by atoms with van der Waals surface area (Å²) < 4.78 is 0. The van der Waals surface area contributed by atoms with Gasteiger partial charge in [-0.25, -0.2) is 0 Å². The average molecular weight is 269 g/mol. The minimum atomic E-state index is 0.201. The van der Waals surface area contributed by atoms with Gasteiger partial charge < -0.3 is 0 Å². The van der Waals surface area contributed by atoms with Crippen molar-refractivity contribution in [2.75, 3.05) is 0 Å². The number of hydrogen-bond acceptors (Lipinski definition) is 1. The molecule has 0 bridgehead atoms. The first-order valence-electron chi connectivity index (χ1n) is 8.12. The lowest BCUT2D eigenvalue weighted by Crippen LogP contribution is -2.36. The van der Waals surface area contributed by atoms with Crippen LogP contribution in [-0.4, -0.2) is 6.04 Å². The van der Waals surface area contributed by atoms with Gasteiger partial charge in [-0.1, -0.05) is 68.9 Å². The van der Waals surface area contributed by atoms with Crippen molar-refractivity contribution in [3.63, 3.8) is 0 Å². The topological polar surface area (TPSA) is 12.0 Å². The molecule has 2 unspecified atom stereocenters. The maximum absolute atomic E-state index is 5.70. The zero-order valence-corrected chi connectivity index (χ0v) is 12.6. The highest BCUT2D eigenvalue weighted by atomic mass is 15.0. The van der Waals surface area contributed by atoms with Crippen molar-refractivity contribution in [1.82, 2.24) is 5.32 Å².